The number of phenols is 4. The average Bonchev–Trinajstić information content (AvgIpc) is 2.78. The summed E-state index contributed by atoms with van der Waals surface area (Å²) in [6, 6.07) is 7.60. The second kappa shape index (κ2) is 13.3. The van der Waals surface area contributed by atoms with E-state index in [1.807, 2.05) is 0 Å². The maximum Gasteiger partial charge on any atom is 0.373 e. The van der Waals surface area contributed by atoms with Crippen LogP contribution in [0, 0.1) is 0 Å². The molecular formula is C22H18O12. The monoisotopic (exact) mass is 474 g/mol. The summed E-state index contributed by atoms with van der Waals surface area (Å²) in [4.78, 5) is 51.0. The first-order valence-corrected chi connectivity index (χ1v) is 9.07. The van der Waals surface area contributed by atoms with Gasteiger partial charge in [0, 0.05) is 12.2 Å². The first-order valence-electron chi connectivity index (χ1n) is 9.07. The molecule has 2 rings (SSSR count). The molecule has 1 atom stereocenters. The van der Waals surface area contributed by atoms with Gasteiger partial charge in [0.15, 0.2) is 23.0 Å². The summed E-state index contributed by atoms with van der Waals surface area (Å²) in [5.41, 5.74) is 0.717. The molecule has 0 saturated heterocycles. The second-order valence-corrected chi connectivity index (χ2v) is 6.14. The van der Waals surface area contributed by atoms with E-state index in [4.69, 9.17) is 24.2 Å². The van der Waals surface area contributed by atoms with Crippen LogP contribution in [0.2, 0.25) is 0 Å². The van der Waals surface area contributed by atoms with E-state index in [0.717, 1.165) is 12.2 Å². The number of carbonyl (C=O) groups excluding carboxylic acids is 4. The highest BCUT2D eigenvalue weighted by atomic mass is 16.6. The van der Waals surface area contributed by atoms with Gasteiger partial charge in [0.1, 0.15) is 6.61 Å². The van der Waals surface area contributed by atoms with E-state index >= 15 is 0 Å². The predicted molar refractivity (Wildman–Crippen MR) is 111 cm³/mol. The van der Waals surface area contributed by atoms with E-state index in [2.05, 4.69) is 0 Å². The number of ether oxygens (including phenoxy) is 2. The molecule has 0 unspecified atom stereocenters. The maximum atomic E-state index is 11.8. The maximum absolute atomic E-state index is 11.8. The zero-order valence-corrected chi connectivity index (χ0v) is 17.2. The second-order valence-electron chi connectivity index (χ2n) is 6.14. The number of carboxylic acid groups (broad SMARTS) is 1. The van der Waals surface area contributed by atoms with Crippen molar-refractivity contribution in [1.29, 1.82) is 0 Å². The Morgan fingerprint density at radius 1 is 0.794 bits per heavy atom. The lowest BCUT2D eigenvalue weighted by atomic mass is 10.2. The van der Waals surface area contributed by atoms with Gasteiger partial charge in [0.25, 0.3) is 0 Å². The van der Waals surface area contributed by atoms with Gasteiger partial charge in [0.05, 0.1) is 0 Å². The molecule has 12 heteroatoms. The number of esters is 2. The third-order valence-electron chi connectivity index (χ3n) is 3.73. The van der Waals surface area contributed by atoms with E-state index in [-0.39, 0.29) is 23.4 Å². The van der Waals surface area contributed by atoms with E-state index in [1.165, 1.54) is 48.6 Å². The third kappa shape index (κ3) is 9.37. The Hall–Kier alpha value is -5.09. The van der Waals surface area contributed by atoms with Gasteiger partial charge >= 0.3 is 24.1 Å². The molecule has 0 aliphatic carbocycles. The molecule has 34 heavy (non-hydrogen) atoms. The molecule has 0 fully saturated rings. The quantitative estimate of drug-likeness (QED) is 0.208. The van der Waals surface area contributed by atoms with Gasteiger partial charge in [-0.15, -0.1) is 0 Å². The molecule has 0 radical (unpaired) electrons. The minimum atomic E-state index is -1.76. The largest absolute Gasteiger partial charge is 0.504 e. The zero-order valence-electron chi connectivity index (χ0n) is 17.2. The van der Waals surface area contributed by atoms with Crippen LogP contribution in [-0.2, 0) is 33.4 Å². The van der Waals surface area contributed by atoms with E-state index in [0.29, 0.717) is 11.1 Å². The molecule has 0 aliphatic rings. The highest BCUT2D eigenvalue weighted by molar-refractivity contribution is 5.90. The molecule has 0 aromatic heterocycles. The van der Waals surface area contributed by atoms with Crippen LogP contribution in [0.3, 0.4) is 0 Å². The van der Waals surface area contributed by atoms with Crippen LogP contribution in [-0.4, -0.2) is 62.3 Å². The highest BCUT2D eigenvalue weighted by Gasteiger charge is 2.23. The van der Waals surface area contributed by atoms with Crippen molar-refractivity contribution >= 4 is 36.2 Å². The van der Waals surface area contributed by atoms with Gasteiger partial charge in [-0.3, -0.25) is 0 Å². The lowest BCUT2D eigenvalue weighted by Gasteiger charge is -2.12. The Labute approximate surface area is 191 Å². The summed E-state index contributed by atoms with van der Waals surface area (Å²) >= 11 is 0. The number of benzene rings is 2. The zero-order chi connectivity index (χ0) is 25.7. The summed E-state index contributed by atoms with van der Waals surface area (Å²) in [6.07, 6.45) is 2.84. The Balaban J connectivity index is 0.00000182. The topological polar surface area (TPSA) is 205 Å². The van der Waals surface area contributed by atoms with Crippen molar-refractivity contribution in [3.63, 3.8) is 0 Å². The number of aromatic hydroxyl groups is 4. The Bertz CT molecular complexity index is 1130. The molecule has 0 bridgehead atoms. The van der Waals surface area contributed by atoms with Gasteiger partial charge in [-0.2, -0.15) is 9.59 Å². The molecule has 12 nitrogen and oxygen atoms in total. The number of hydrogen-bond acceptors (Lipinski definition) is 11. The smallest absolute Gasteiger partial charge is 0.373 e. The van der Waals surface area contributed by atoms with Gasteiger partial charge in [-0.25, -0.2) is 14.4 Å². The van der Waals surface area contributed by atoms with Crippen molar-refractivity contribution in [2.75, 3.05) is 6.61 Å². The fourth-order valence-electron chi connectivity index (χ4n) is 2.16. The Morgan fingerprint density at radius 2 is 1.24 bits per heavy atom. The van der Waals surface area contributed by atoms with E-state index in [1.54, 1.807) is 0 Å². The Kier molecular flexibility index (Phi) is 10.6. The number of phenolic OH excluding ortho intramolecular Hbond substituents is 4. The molecule has 0 aliphatic heterocycles. The molecular weight excluding hydrogens is 456 g/mol. The van der Waals surface area contributed by atoms with Crippen LogP contribution in [0.4, 0.5) is 0 Å². The number of carbonyl (C=O) groups is 3. The molecule has 2 aromatic carbocycles. The Morgan fingerprint density at radius 3 is 1.65 bits per heavy atom. The van der Waals surface area contributed by atoms with Crippen molar-refractivity contribution in [2.24, 2.45) is 0 Å². The molecule has 0 amide bonds. The lowest BCUT2D eigenvalue weighted by Crippen LogP contribution is -2.32. The normalized spacial score (nSPS) is 11.2. The van der Waals surface area contributed by atoms with E-state index in [9.17, 15) is 34.8 Å². The number of aliphatic carboxylic acids is 1. The SMILES string of the molecule is O=C(/C=C/c1ccc(O)c(O)c1)OC[C@H](OC(=O)/C=C/c1ccc(O)c(O)c1)C(=O)O.O=C=O. The summed E-state index contributed by atoms with van der Waals surface area (Å²) < 4.78 is 9.48. The lowest BCUT2D eigenvalue weighted by molar-refractivity contribution is -0.191. The minimum Gasteiger partial charge on any atom is -0.504 e. The van der Waals surface area contributed by atoms with Crippen LogP contribution in [0.1, 0.15) is 11.1 Å². The number of carboxylic acids is 1. The average molecular weight is 474 g/mol. The van der Waals surface area contributed by atoms with Gasteiger partial charge in [-0.05, 0) is 47.5 Å². The molecule has 0 heterocycles. The molecule has 0 saturated carbocycles. The predicted octanol–water partition coefficient (Wildman–Crippen LogP) is 1.19. The summed E-state index contributed by atoms with van der Waals surface area (Å²) in [7, 11) is 0. The third-order valence-corrected chi connectivity index (χ3v) is 3.73. The number of hydrogen-bond donors (Lipinski definition) is 5. The molecule has 178 valence electrons. The standard InChI is InChI=1S/C21H18O10.CO2/c22-14-5-1-12(9-16(14)24)3-7-19(26)30-11-18(21(28)29)31-20(27)8-4-13-2-6-15(23)17(25)10-13;2-1-3/h1-10,18,22-25H,11H2,(H,28,29);/b7-3+,8-4+;/t18-;/m0./s1. The van der Waals surface area contributed by atoms with Crippen LogP contribution in [0.25, 0.3) is 12.2 Å². The first-order chi connectivity index (χ1) is 16.1. The van der Waals surface area contributed by atoms with Crippen molar-refractivity contribution in [3.05, 3.63) is 59.7 Å². The fourth-order valence-corrected chi connectivity index (χ4v) is 2.16. The highest BCUT2D eigenvalue weighted by Crippen LogP contribution is 2.26. The molecule has 0 spiro atoms. The fraction of sp³-hybridized carbons (Fsp3) is 0.0909. The van der Waals surface area contributed by atoms with Crippen LogP contribution >= 0.6 is 0 Å². The summed E-state index contributed by atoms with van der Waals surface area (Å²) in [6.45, 7) is -0.751. The first kappa shape index (κ1) is 26.9. The summed E-state index contributed by atoms with van der Waals surface area (Å²) in [5.74, 6) is -4.96. The van der Waals surface area contributed by atoms with Crippen molar-refractivity contribution in [3.8, 4) is 23.0 Å². The van der Waals surface area contributed by atoms with Crippen molar-refractivity contribution in [1.82, 2.24) is 0 Å². The van der Waals surface area contributed by atoms with Crippen molar-refractivity contribution < 1.29 is 59.0 Å². The molecule has 2 aromatic rings. The minimum absolute atomic E-state index is 0.250. The molecule has 5 N–H and O–H groups in total. The van der Waals surface area contributed by atoms with Gasteiger partial charge < -0.3 is 35.0 Å². The van der Waals surface area contributed by atoms with Gasteiger partial charge in [-0.1, -0.05) is 12.1 Å². The number of rotatable bonds is 8. The van der Waals surface area contributed by atoms with Crippen LogP contribution in [0.5, 0.6) is 23.0 Å². The van der Waals surface area contributed by atoms with Crippen molar-refractivity contribution in [2.45, 2.75) is 6.10 Å². The van der Waals surface area contributed by atoms with Gasteiger partial charge in [0.2, 0.25) is 6.10 Å². The van der Waals surface area contributed by atoms with Crippen LogP contribution in [0.15, 0.2) is 48.6 Å². The van der Waals surface area contributed by atoms with E-state index < -0.39 is 36.4 Å². The summed E-state index contributed by atoms with van der Waals surface area (Å²) in [5, 5.41) is 46.4. The van der Waals surface area contributed by atoms with Crippen LogP contribution < -0.4 is 0 Å².